The first kappa shape index (κ1) is 21.5. The van der Waals surface area contributed by atoms with Gasteiger partial charge >= 0.3 is 12.0 Å². The zero-order chi connectivity index (χ0) is 23.4. The molecule has 0 saturated carbocycles. The van der Waals surface area contributed by atoms with Crippen LogP contribution >= 0.6 is 0 Å². The molecule has 0 unspecified atom stereocenters. The third kappa shape index (κ3) is 4.96. The van der Waals surface area contributed by atoms with Crippen LogP contribution in [0.2, 0.25) is 0 Å². The van der Waals surface area contributed by atoms with Crippen LogP contribution in [0.5, 0.6) is 0 Å². The SMILES string of the molecule is O=C(CN1C(=O)N/C(=C\c2ccc(-c3cccc(C(=O)O)c3)cc2)C1=O)Nc1ccccc1. The Balaban J connectivity index is 1.45. The number of carboxylic acid groups (broad SMARTS) is 1. The lowest BCUT2D eigenvalue weighted by atomic mass is 10.0. The molecule has 1 aliphatic rings. The van der Waals surface area contributed by atoms with Crippen LogP contribution in [0.3, 0.4) is 0 Å². The predicted octanol–water partition coefficient (Wildman–Crippen LogP) is 3.58. The highest BCUT2D eigenvalue weighted by Gasteiger charge is 2.34. The van der Waals surface area contributed by atoms with Crippen molar-refractivity contribution in [3.63, 3.8) is 0 Å². The van der Waals surface area contributed by atoms with Crippen molar-refractivity contribution in [3.05, 3.63) is 95.7 Å². The zero-order valence-electron chi connectivity index (χ0n) is 17.3. The number of rotatable bonds is 6. The number of aromatic carboxylic acids is 1. The first-order valence-corrected chi connectivity index (χ1v) is 10.0. The van der Waals surface area contributed by atoms with Gasteiger partial charge in [-0.2, -0.15) is 0 Å². The quantitative estimate of drug-likeness (QED) is 0.399. The number of amides is 4. The van der Waals surface area contributed by atoms with Crippen LogP contribution in [0.15, 0.2) is 84.6 Å². The molecule has 3 aromatic rings. The summed E-state index contributed by atoms with van der Waals surface area (Å²) in [6, 6.07) is 21.7. The minimum atomic E-state index is -1.00. The fourth-order valence-corrected chi connectivity index (χ4v) is 3.35. The Labute approximate surface area is 189 Å². The Morgan fingerprint density at radius 2 is 1.64 bits per heavy atom. The predicted molar refractivity (Wildman–Crippen MR) is 122 cm³/mol. The molecule has 1 heterocycles. The van der Waals surface area contributed by atoms with Gasteiger partial charge in [0.25, 0.3) is 5.91 Å². The third-order valence-corrected chi connectivity index (χ3v) is 4.99. The molecule has 4 rings (SSSR count). The molecule has 0 bridgehead atoms. The van der Waals surface area contributed by atoms with E-state index in [1.807, 2.05) is 6.07 Å². The Morgan fingerprint density at radius 1 is 0.909 bits per heavy atom. The highest BCUT2D eigenvalue weighted by atomic mass is 16.4. The maximum Gasteiger partial charge on any atom is 0.335 e. The van der Waals surface area contributed by atoms with E-state index < -0.39 is 30.4 Å². The average molecular weight is 441 g/mol. The number of benzene rings is 3. The number of anilines is 1. The van der Waals surface area contributed by atoms with Crippen molar-refractivity contribution in [2.75, 3.05) is 11.9 Å². The first-order valence-electron chi connectivity index (χ1n) is 10.0. The fourth-order valence-electron chi connectivity index (χ4n) is 3.35. The van der Waals surface area contributed by atoms with E-state index in [0.717, 1.165) is 16.0 Å². The summed E-state index contributed by atoms with van der Waals surface area (Å²) in [6.07, 6.45) is 1.52. The van der Waals surface area contributed by atoms with Crippen molar-refractivity contribution in [1.82, 2.24) is 10.2 Å². The molecule has 0 aromatic heterocycles. The molecule has 33 heavy (non-hydrogen) atoms. The van der Waals surface area contributed by atoms with Gasteiger partial charge in [0.15, 0.2) is 0 Å². The highest BCUT2D eigenvalue weighted by Crippen LogP contribution is 2.22. The largest absolute Gasteiger partial charge is 0.478 e. The van der Waals surface area contributed by atoms with Crippen molar-refractivity contribution in [2.45, 2.75) is 0 Å². The van der Waals surface area contributed by atoms with Crippen LogP contribution in [0.1, 0.15) is 15.9 Å². The van der Waals surface area contributed by atoms with E-state index in [0.29, 0.717) is 11.3 Å². The molecule has 1 saturated heterocycles. The van der Waals surface area contributed by atoms with Crippen molar-refractivity contribution < 1.29 is 24.3 Å². The number of nitrogens with one attached hydrogen (secondary N) is 2. The molecule has 0 radical (unpaired) electrons. The van der Waals surface area contributed by atoms with Gasteiger partial charge in [-0.3, -0.25) is 9.59 Å². The van der Waals surface area contributed by atoms with Gasteiger partial charge < -0.3 is 15.7 Å². The molecular formula is C25H19N3O5. The van der Waals surface area contributed by atoms with Gasteiger partial charge in [-0.15, -0.1) is 0 Å². The highest BCUT2D eigenvalue weighted by molar-refractivity contribution is 6.16. The third-order valence-electron chi connectivity index (χ3n) is 4.99. The van der Waals surface area contributed by atoms with Crippen molar-refractivity contribution >= 4 is 35.6 Å². The molecule has 4 amide bonds. The number of hydrogen-bond acceptors (Lipinski definition) is 4. The van der Waals surface area contributed by atoms with Gasteiger partial charge in [-0.1, -0.05) is 54.6 Å². The van der Waals surface area contributed by atoms with Gasteiger partial charge in [-0.25, -0.2) is 14.5 Å². The standard InChI is InChI=1S/C25H19N3O5/c29-22(26-20-7-2-1-3-8-20)15-28-23(30)21(27-25(28)33)13-16-9-11-17(12-10-16)18-5-4-6-19(14-18)24(31)32/h1-14H,15H2,(H,26,29)(H,27,33)(H,31,32)/b21-13-. The van der Waals surface area contributed by atoms with E-state index >= 15 is 0 Å². The number of hydrogen-bond donors (Lipinski definition) is 3. The Hall–Kier alpha value is -4.72. The van der Waals surface area contributed by atoms with Gasteiger partial charge in [-0.05, 0) is 47.0 Å². The van der Waals surface area contributed by atoms with Crippen LogP contribution in [-0.2, 0) is 9.59 Å². The van der Waals surface area contributed by atoms with Crippen molar-refractivity contribution in [1.29, 1.82) is 0 Å². The summed E-state index contributed by atoms with van der Waals surface area (Å²) in [4.78, 5) is 49.1. The molecule has 8 heteroatoms. The number of carbonyl (C=O) groups excluding carboxylic acids is 3. The molecule has 3 aromatic carbocycles. The van der Waals surface area contributed by atoms with Crippen LogP contribution in [0.25, 0.3) is 17.2 Å². The lowest BCUT2D eigenvalue weighted by molar-refractivity contribution is -0.127. The minimum absolute atomic E-state index is 0.0631. The Kier molecular flexibility index (Phi) is 5.99. The molecule has 164 valence electrons. The Morgan fingerprint density at radius 3 is 2.33 bits per heavy atom. The zero-order valence-corrected chi connectivity index (χ0v) is 17.3. The molecule has 1 fully saturated rings. The molecule has 0 spiro atoms. The molecule has 0 aliphatic carbocycles. The normalized spacial score (nSPS) is 14.3. The monoisotopic (exact) mass is 441 g/mol. The molecule has 8 nitrogen and oxygen atoms in total. The van der Waals surface area contributed by atoms with Crippen LogP contribution in [0.4, 0.5) is 10.5 Å². The number of carboxylic acids is 1. The number of urea groups is 1. The Bertz CT molecular complexity index is 1270. The summed E-state index contributed by atoms with van der Waals surface area (Å²) in [6.45, 7) is -0.407. The number of nitrogens with zero attached hydrogens (tertiary/aromatic N) is 1. The number of carbonyl (C=O) groups is 4. The lowest BCUT2D eigenvalue weighted by Crippen LogP contribution is -2.38. The maximum atomic E-state index is 12.6. The van der Waals surface area contributed by atoms with Crippen LogP contribution < -0.4 is 10.6 Å². The second kappa shape index (κ2) is 9.19. The second-order valence-electron chi connectivity index (χ2n) is 7.30. The molecular weight excluding hydrogens is 422 g/mol. The van der Waals surface area contributed by atoms with Gasteiger partial charge in [0.05, 0.1) is 5.56 Å². The lowest BCUT2D eigenvalue weighted by Gasteiger charge is -2.11. The van der Waals surface area contributed by atoms with Crippen molar-refractivity contribution in [2.24, 2.45) is 0 Å². The average Bonchev–Trinajstić information content (AvgIpc) is 3.07. The summed E-state index contributed by atoms with van der Waals surface area (Å²) in [5.41, 5.74) is 3.03. The van der Waals surface area contributed by atoms with Crippen LogP contribution in [0, 0.1) is 0 Å². The van der Waals surface area contributed by atoms with E-state index in [9.17, 15) is 19.2 Å². The summed E-state index contributed by atoms with van der Waals surface area (Å²) >= 11 is 0. The van der Waals surface area contributed by atoms with Crippen molar-refractivity contribution in [3.8, 4) is 11.1 Å². The van der Waals surface area contributed by atoms with Crippen LogP contribution in [-0.4, -0.2) is 40.4 Å². The second-order valence-corrected chi connectivity index (χ2v) is 7.30. The molecule has 1 aliphatic heterocycles. The summed E-state index contributed by atoms with van der Waals surface area (Å²) in [5, 5.41) is 14.3. The van der Waals surface area contributed by atoms with Gasteiger partial charge in [0, 0.05) is 5.69 Å². The maximum absolute atomic E-state index is 12.6. The van der Waals surface area contributed by atoms with E-state index in [1.54, 1.807) is 66.7 Å². The summed E-state index contributed by atoms with van der Waals surface area (Å²) < 4.78 is 0. The topological polar surface area (TPSA) is 116 Å². The van der Waals surface area contributed by atoms with E-state index in [1.165, 1.54) is 12.1 Å². The number of imide groups is 1. The van der Waals surface area contributed by atoms with Gasteiger partial charge in [0.2, 0.25) is 5.91 Å². The van der Waals surface area contributed by atoms with E-state index in [2.05, 4.69) is 10.6 Å². The summed E-state index contributed by atoms with van der Waals surface area (Å²) in [7, 11) is 0. The van der Waals surface area contributed by atoms with Gasteiger partial charge in [0.1, 0.15) is 12.2 Å². The summed E-state index contributed by atoms with van der Waals surface area (Å²) in [5.74, 6) is -2.09. The fraction of sp³-hybridized carbons (Fsp3) is 0.0400. The van der Waals surface area contributed by atoms with E-state index in [-0.39, 0.29) is 11.3 Å². The first-order chi connectivity index (χ1) is 15.9. The minimum Gasteiger partial charge on any atom is -0.478 e. The number of para-hydroxylation sites is 1. The molecule has 3 N–H and O–H groups in total. The van der Waals surface area contributed by atoms with E-state index in [4.69, 9.17) is 5.11 Å². The smallest absolute Gasteiger partial charge is 0.335 e. The molecule has 0 atom stereocenters.